The molecule has 6 nitrogen and oxygen atoms in total. The SMILES string of the molecule is CCCC1(c2ccccc2)NC(=O)N(CC(=O)NC(C)c2ccccc2Cl)C1=O. The molecule has 2 atom stereocenters. The number of carbonyl (C=O) groups excluding carboxylic acids is 3. The Morgan fingerprint density at radius 2 is 1.79 bits per heavy atom. The zero-order chi connectivity index (χ0) is 21.0. The lowest BCUT2D eigenvalue weighted by Crippen LogP contribution is -2.45. The van der Waals surface area contributed by atoms with Crippen molar-refractivity contribution in [1.82, 2.24) is 15.5 Å². The van der Waals surface area contributed by atoms with Crippen molar-refractivity contribution in [3.8, 4) is 0 Å². The lowest BCUT2D eigenvalue weighted by molar-refractivity contribution is -0.135. The van der Waals surface area contributed by atoms with Crippen LogP contribution in [0.3, 0.4) is 0 Å². The van der Waals surface area contributed by atoms with Crippen LogP contribution in [-0.2, 0) is 15.1 Å². The number of nitrogens with one attached hydrogen (secondary N) is 2. The summed E-state index contributed by atoms with van der Waals surface area (Å²) in [5.41, 5.74) is 0.346. The van der Waals surface area contributed by atoms with Gasteiger partial charge in [0, 0.05) is 5.02 Å². The standard InChI is InChI=1S/C22H24ClN3O3/c1-3-13-22(16-9-5-4-6-10-16)20(28)26(21(29)25-22)14-19(27)24-15(2)17-11-7-8-12-18(17)23/h4-12,15H,3,13-14H2,1-2H3,(H,24,27)(H,25,29). The normalized spacial score (nSPS) is 19.8. The molecule has 152 valence electrons. The summed E-state index contributed by atoms with van der Waals surface area (Å²) in [5, 5.41) is 6.17. The zero-order valence-corrected chi connectivity index (χ0v) is 17.2. The first-order valence-electron chi connectivity index (χ1n) is 9.62. The highest BCUT2D eigenvalue weighted by Gasteiger charge is 2.52. The topological polar surface area (TPSA) is 78.5 Å². The van der Waals surface area contributed by atoms with Gasteiger partial charge >= 0.3 is 6.03 Å². The van der Waals surface area contributed by atoms with E-state index in [2.05, 4.69) is 10.6 Å². The van der Waals surface area contributed by atoms with Gasteiger partial charge in [-0.2, -0.15) is 0 Å². The first-order valence-corrected chi connectivity index (χ1v) is 10.00. The number of rotatable bonds is 7. The van der Waals surface area contributed by atoms with Crippen molar-refractivity contribution in [3.05, 3.63) is 70.7 Å². The predicted molar refractivity (Wildman–Crippen MR) is 111 cm³/mol. The Labute approximate surface area is 175 Å². The third-order valence-electron chi connectivity index (χ3n) is 5.12. The fraction of sp³-hybridized carbons (Fsp3) is 0.318. The van der Waals surface area contributed by atoms with Gasteiger partial charge in [0.1, 0.15) is 12.1 Å². The van der Waals surface area contributed by atoms with E-state index >= 15 is 0 Å². The molecule has 2 unspecified atom stereocenters. The summed E-state index contributed by atoms with van der Waals surface area (Å²) in [7, 11) is 0. The Bertz CT molecular complexity index is 919. The molecule has 2 N–H and O–H groups in total. The molecule has 7 heteroatoms. The van der Waals surface area contributed by atoms with Gasteiger partial charge in [0.2, 0.25) is 5.91 Å². The highest BCUT2D eigenvalue weighted by atomic mass is 35.5. The van der Waals surface area contributed by atoms with Crippen LogP contribution in [0.4, 0.5) is 4.79 Å². The molecule has 29 heavy (non-hydrogen) atoms. The number of hydrogen-bond donors (Lipinski definition) is 2. The molecule has 1 saturated heterocycles. The second kappa shape index (κ2) is 8.66. The fourth-order valence-corrected chi connectivity index (χ4v) is 4.01. The molecular formula is C22H24ClN3O3. The van der Waals surface area contributed by atoms with Crippen molar-refractivity contribution < 1.29 is 14.4 Å². The van der Waals surface area contributed by atoms with Crippen LogP contribution >= 0.6 is 11.6 Å². The van der Waals surface area contributed by atoms with Crippen molar-refractivity contribution in [3.63, 3.8) is 0 Å². The minimum absolute atomic E-state index is 0.349. The Kier molecular flexibility index (Phi) is 6.23. The maximum atomic E-state index is 13.2. The molecule has 1 fully saturated rings. The molecule has 0 aromatic heterocycles. The Balaban J connectivity index is 1.76. The molecule has 2 aromatic carbocycles. The van der Waals surface area contributed by atoms with Crippen LogP contribution in [0.25, 0.3) is 0 Å². The number of amides is 4. The smallest absolute Gasteiger partial charge is 0.325 e. The quantitative estimate of drug-likeness (QED) is 0.678. The van der Waals surface area contributed by atoms with E-state index in [-0.39, 0.29) is 12.6 Å². The van der Waals surface area contributed by atoms with Crippen molar-refractivity contribution in [2.24, 2.45) is 0 Å². The third kappa shape index (κ3) is 4.12. The van der Waals surface area contributed by atoms with E-state index in [1.165, 1.54) is 0 Å². The largest absolute Gasteiger partial charge is 0.348 e. The summed E-state index contributed by atoms with van der Waals surface area (Å²) in [4.78, 5) is 39.3. The monoisotopic (exact) mass is 413 g/mol. The van der Waals surface area contributed by atoms with Gasteiger partial charge in [-0.25, -0.2) is 4.79 Å². The number of imide groups is 1. The number of hydrogen-bond acceptors (Lipinski definition) is 3. The lowest BCUT2D eigenvalue weighted by atomic mass is 9.85. The summed E-state index contributed by atoms with van der Waals surface area (Å²) in [6.07, 6.45) is 1.15. The van der Waals surface area contributed by atoms with Gasteiger partial charge in [0.15, 0.2) is 0 Å². The first kappa shape index (κ1) is 20.9. The number of carbonyl (C=O) groups is 3. The van der Waals surface area contributed by atoms with Gasteiger partial charge in [-0.1, -0.05) is 73.5 Å². The van der Waals surface area contributed by atoms with E-state index in [0.29, 0.717) is 23.4 Å². The minimum Gasteiger partial charge on any atom is -0.348 e. The van der Waals surface area contributed by atoms with E-state index in [0.717, 1.165) is 10.5 Å². The molecule has 4 amide bonds. The minimum atomic E-state index is -1.14. The van der Waals surface area contributed by atoms with Crippen LogP contribution < -0.4 is 10.6 Å². The summed E-state index contributed by atoms with van der Waals surface area (Å²) < 4.78 is 0. The van der Waals surface area contributed by atoms with Crippen LogP contribution in [0.2, 0.25) is 5.02 Å². The van der Waals surface area contributed by atoms with E-state index in [9.17, 15) is 14.4 Å². The molecule has 1 heterocycles. The second-order valence-electron chi connectivity index (χ2n) is 7.15. The lowest BCUT2D eigenvalue weighted by Gasteiger charge is -2.27. The van der Waals surface area contributed by atoms with Crippen LogP contribution in [-0.4, -0.2) is 29.3 Å². The average molecular weight is 414 g/mol. The van der Waals surface area contributed by atoms with Gasteiger partial charge in [0.05, 0.1) is 6.04 Å². The molecule has 0 bridgehead atoms. The van der Waals surface area contributed by atoms with E-state index < -0.39 is 23.4 Å². The van der Waals surface area contributed by atoms with Gasteiger partial charge < -0.3 is 10.6 Å². The van der Waals surface area contributed by atoms with Crippen molar-refractivity contribution in [1.29, 1.82) is 0 Å². The summed E-state index contributed by atoms with van der Waals surface area (Å²) in [5.74, 6) is -0.836. The van der Waals surface area contributed by atoms with Gasteiger partial charge in [-0.05, 0) is 30.5 Å². The molecule has 0 spiro atoms. The maximum Gasteiger partial charge on any atom is 0.325 e. The highest BCUT2D eigenvalue weighted by Crippen LogP contribution is 2.33. The van der Waals surface area contributed by atoms with Gasteiger partial charge in [-0.3, -0.25) is 14.5 Å². The number of halogens is 1. The van der Waals surface area contributed by atoms with Crippen LogP contribution in [0, 0.1) is 0 Å². The first-order chi connectivity index (χ1) is 13.9. The molecule has 2 aromatic rings. The highest BCUT2D eigenvalue weighted by molar-refractivity contribution is 6.31. The van der Waals surface area contributed by atoms with Crippen LogP contribution in [0.1, 0.15) is 43.9 Å². The molecule has 1 aliphatic rings. The van der Waals surface area contributed by atoms with Gasteiger partial charge in [-0.15, -0.1) is 0 Å². The zero-order valence-electron chi connectivity index (χ0n) is 16.4. The average Bonchev–Trinajstić information content (AvgIpc) is 2.94. The van der Waals surface area contributed by atoms with Crippen LogP contribution in [0.15, 0.2) is 54.6 Å². The van der Waals surface area contributed by atoms with Crippen LogP contribution in [0.5, 0.6) is 0 Å². The summed E-state index contributed by atoms with van der Waals surface area (Å²) >= 11 is 6.18. The number of nitrogens with zero attached hydrogens (tertiary/aromatic N) is 1. The van der Waals surface area contributed by atoms with Crippen molar-refractivity contribution >= 4 is 29.4 Å². The Hall–Kier alpha value is -2.86. The summed E-state index contributed by atoms with van der Waals surface area (Å²) in [6, 6.07) is 15.4. The Morgan fingerprint density at radius 3 is 2.45 bits per heavy atom. The maximum absolute atomic E-state index is 13.2. The van der Waals surface area contributed by atoms with Crippen molar-refractivity contribution in [2.45, 2.75) is 38.3 Å². The molecule has 0 saturated carbocycles. The summed E-state index contributed by atoms with van der Waals surface area (Å²) in [6.45, 7) is 3.40. The number of benzene rings is 2. The van der Waals surface area contributed by atoms with E-state index in [4.69, 9.17) is 11.6 Å². The number of urea groups is 1. The second-order valence-corrected chi connectivity index (χ2v) is 7.56. The molecule has 0 radical (unpaired) electrons. The molecule has 3 rings (SSSR count). The van der Waals surface area contributed by atoms with E-state index in [1.807, 2.05) is 55.5 Å². The van der Waals surface area contributed by atoms with Gasteiger partial charge in [0.25, 0.3) is 5.91 Å². The third-order valence-corrected chi connectivity index (χ3v) is 5.46. The Morgan fingerprint density at radius 1 is 1.14 bits per heavy atom. The van der Waals surface area contributed by atoms with Crippen molar-refractivity contribution in [2.75, 3.05) is 6.54 Å². The molecule has 0 aliphatic carbocycles. The predicted octanol–water partition coefficient (Wildman–Crippen LogP) is 3.76. The fourth-order valence-electron chi connectivity index (χ4n) is 3.71. The molecule has 1 aliphatic heterocycles. The van der Waals surface area contributed by atoms with E-state index in [1.54, 1.807) is 13.0 Å². The molecular weight excluding hydrogens is 390 g/mol.